The Kier molecular flexibility index (Phi) is 9.93. The number of rotatable bonds is 9. The normalized spacial score (nSPS) is 14.6. The number of aryl methyl sites for hydroxylation is 1. The van der Waals surface area contributed by atoms with Gasteiger partial charge in [-0.1, -0.05) is 26.5 Å². The Morgan fingerprint density at radius 2 is 1.83 bits per heavy atom. The van der Waals surface area contributed by atoms with E-state index in [1.54, 1.807) is 13.8 Å². The van der Waals surface area contributed by atoms with Crippen LogP contribution < -0.4 is 0 Å². The van der Waals surface area contributed by atoms with Gasteiger partial charge in [0.05, 0.1) is 12.4 Å². The second kappa shape index (κ2) is 11.6. The largest absolute Gasteiger partial charge is 0.499 e. The first-order valence-electron chi connectivity index (χ1n) is 10.2. The van der Waals surface area contributed by atoms with Crippen molar-refractivity contribution in [2.24, 2.45) is 5.92 Å². The van der Waals surface area contributed by atoms with Gasteiger partial charge >= 0.3 is 0 Å². The minimum absolute atomic E-state index is 0.0686. The highest BCUT2D eigenvalue weighted by Gasteiger charge is 2.27. The first kappa shape index (κ1) is 24.7. The predicted octanol–water partition coefficient (Wildman–Crippen LogP) is 7.76. The summed E-state index contributed by atoms with van der Waals surface area (Å²) in [5, 5.41) is 8.12. The summed E-state index contributed by atoms with van der Waals surface area (Å²) < 4.78 is 48.9. The van der Waals surface area contributed by atoms with E-state index in [1.165, 1.54) is 25.1 Å². The van der Waals surface area contributed by atoms with Crippen molar-refractivity contribution in [3.05, 3.63) is 64.7 Å². The van der Waals surface area contributed by atoms with Crippen molar-refractivity contribution in [2.75, 3.05) is 6.61 Å². The number of benzene rings is 1. The van der Waals surface area contributed by atoms with Crippen LogP contribution in [-0.2, 0) is 4.74 Å². The van der Waals surface area contributed by atoms with Crippen LogP contribution in [0.25, 0.3) is 5.57 Å². The predicted molar refractivity (Wildman–Crippen MR) is 115 cm³/mol. The third-order valence-electron chi connectivity index (χ3n) is 4.64. The lowest BCUT2D eigenvalue weighted by molar-refractivity contribution is 0.218. The second-order valence-corrected chi connectivity index (χ2v) is 6.84. The van der Waals surface area contributed by atoms with Crippen LogP contribution >= 0.6 is 0 Å². The summed E-state index contributed by atoms with van der Waals surface area (Å²) >= 11 is 0. The van der Waals surface area contributed by atoms with Gasteiger partial charge in [0.15, 0.2) is 5.83 Å². The van der Waals surface area contributed by atoms with Gasteiger partial charge in [-0.05, 0) is 62.4 Å². The van der Waals surface area contributed by atoms with Crippen molar-refractivity contribution < 1.29 is 17.9 Å². The van der Waals surface area contributed by atoms with E-state index in [-0.39, 0.29) is 35.6 Å². The molecule has 160 valence electrons. The third-order valence-corrected chi connectivity index (χ3v) is 4.64. The average Bonchev–Trinajstić information content (AvgIpc) is 3.55. The number of halogens is 3. The van der Waals surface area contributed by atoms with E-state index < -0.39 is 17.5 Å². The fourth-order valence-corrected chi connectivity index (χ4v) is 2.93. The molecule has 1 saturated carbocycles. The van der Waals surface area contributed by atoms with Gasteiger partial charge in [0, 0.05) is 30.0 Å². The highest BCUT2D eigenvalue weighted by molar-refractivity contribution is 6.04. The van der Waals surface area contributed by atoms with Crippen LogP contribution in [0.2, 0.25) is 0 Å². The molecule has 2 nitrogen and oxygen atoms in total. The smallest absolute Gasteiger partial charge is 0.162 e. The lowest BCUT2D eigenvalue weighted by Crippen LogP contribution is -2.03. The number of ether oxygens (including phenoxy) is 1. The molecule has 0 saturated heterocycles. The molecule has 0 aliphatic heterocycles. The molecule has 1 aromatic rings. The van der Waals surface area contributed by atoms with E-state index in [1.807, 2.05) is 13.8 Å². The molecule has 0 amide bonds. The highest BCUT2D eigenvalue weighted by atomic mass is 19.2. The molecule has 0 aromatic heterocycles. The Labute approximate surface area is 172 Å². The number of allylic oxidation sites excluding steroid dienone is 5. The Bertz CT molecular complexity index is 805. The summed E-state index contributed by atoms with van der Waals surface area (Å²) in [5.74, 6) is -2.04. The van der Waals surface area contributed by atoms with E-state index in [9.17, 15) is 8.78 Å². The van der Waals surface area contributed by atoms with Gasteiger partial charge < -0.3 is 10.1 Å². The molecule has 0 bridgehead atoms. The van der Waals surface area contributed by atoms with E-state index in [0.29, 0.717) is 23.5 Å². The van der Waals surface area contributed by atoms with Gasteiger partial charge in [0.2, 0.25) is 0 Å². The van der Waals surface area contributed by atoms with Crippen LogP contribution in [0.5, 0.6) is 0 Å². The van der Waals surface area contributed by atoms with E-state index in [4.69, 9.17) is 10.1 Å². The van der Waals surface area contributed by atoms with E-state index in [0.717, 1.165) is 12.8 Å². The maximum absolute atomic E-state index is 15.1. The molecule has 1 N–H and O–H groups in total. The fraction of sp³-hybridized carbons (Fsp3) is 0.458. The summed E-state index contributed by atoms with van der Waals surface area (Å²) in [6.07, 6.45) is 3.03. The molecular weight excluding hydrogens is 375 g/mol. The minimum Gasteiger partial charge on any atom is -0.499 e. The van der Waals surface area contributed by atoms with Crippen molar-refractivity contribution in [1.29, 1.82) is 5.41 Å². The molecule has 0 spiro atoms. The molecule has 1 aliphatic rings. The van der Waals surface area contributed by atoms with Crippen LogP contribution in [0.3, 0.4) is 0 Å². The van der Waals surface area contributed by atoms with Crippen LogP contribution in [0.15, 0.2) is 42.2 Å². The Balaban J connectivity index is 0.00000204. The van der Waals surface area contributed by atoms with Crippen molar-refractivity contribution in [2.45, 2.75) is 60.3 Å². The van der Waals surface area contributed by atoms with Gasteiger partial charge in [-0.15, -0.1) is 0 Å². The topological polar surface area (TPSA) is 33.1 Å². The lowest BCUT2D eigenvalue weighted by atomic mass is 9.92. The molecule has 1 aliphatic carbocycles. The quantitative estimate of drug-likeness (QED) is 0.253. The molecule has 5 heteroatoms. The lowest BCUT2D eigenvalue weighted by Gasteiger charge is -2.15. The maximum Gasteiger partial charge on any atom is 0.162 e. The zero-order valence-electron chi connectivity index (χ0n) is 18.1. The molecular formula is C24H32F3NO. The van der Waals surface area contributed by atoms with Gasteiger partial charge in [-0.25, -0.2) is 13.2 Å². The van der Waals surface area contributed by atoms with Crippen molar-refractivity contribution in [1.82, 2.24) is 0 Å². The van der Waals surface area contributed by atoms with Crippen LogP contribution in [0.1, 0.15) is 63.1 Å². The summed E-state index contributed by atoms with van der Waals surface area (Å²) in [6, 6.07) is 2.84. The summed E-state index contributed by atoms with van der Waals surface area (Å²) in [6.45, 7) is 13.1. The monoisotopic (exact) mass is 407 g/mol. The third kappa shape index (κ3) is 6.91. The standard InChI is InChI=1S/C22H26F3NO.C2H6/c1-5-27-14(3)7-11-19(24)22(25)17(12-20(26)16-8-9-16)21-13(2)6-10-18(23)15(21)4;1-2/h6,10,12,16,26H,3,5,7-9,11H2,1-2,4H3;1-2H3/b17-12-,22-19+,26-20?;. The number of hydrogen-bond acceptors (Lipinski definition) is 2. The Morgan fingerprint density at radius 1 is 1.21 bits per heavy atom. The zero-order valence-corrected chi connectivity index (χ0v) is 18.1. The molecule has 0 atom stereocenters. The van der Waals surface area contributed by atoms with Crippen LogP contribution in [0, 0.1) is 31.0 Å². The molecule has 1 fully saturated rings. The molecule has 0 heterocycles. The average molecular weight is 408 g/mol. The number of hydrogen-bond donors (Lipinski definition) is 1. The van der Waals surface area contributed by atoms with Gasteiger partial charge in [0.25, 0.3) is 0 Å². The molecule has 0 radical (unpaired) electrons. The summed E-state index contributed by atoms with van der Waals surface area (Å²) in [4.78, 5) is 0. The fourth-order valence-electron chi connectivity index (χ4n) is 2.93. The minimum atomic E-state index is -1.05. The Morgan fingerprint density at radius 3 is 2.38 bits per heavy atom. The van der Waals surface area contributed by atoms with E-state index in [2.05, 4.69) is 6.58 Å². The van der Waals surface area contributed by atoms with Gasteiger partial charge in [0.1, 0.15) is 11.6 Å². The second-order valence-electron chi connectivity index (χ2n) is 6.84. The first-order valence-corrected chi connectivity index (χ1v) is 10.2. The molecule has 1 aromatic carbocycles. The van der Waals surface area contributed by atoms with Gasteiger partial charge in [-0.3, -0.25) is 0 Å². The number of nitrogens with one attached hydrogen (secondary N) is 1. The van der Waals surface area contributed by atoms with Crippen LogP contribution in [-0.4, -0.2) is 12.3 Å². The summed E-state index contributed by atoms with van der Waals surface area (Å²) in [5.41, 5.74) is 1.35. The van der Waals surface area contributed by atoms with E-state index >= 15 is 4.39 Å². The van der Waals surface area contributed by atoms with Crippen LogP contribution in [0.4, 0.5) is 13.2 Å². The SMILES string of the molecule is C=C(CC/C(F)=C(F)/C(=C\C(=N)C1CC1)c1c(C)ccc(F)c1C)OCC.CC. The van der Waals surface area contributed by atoms with Crippen molar-refractivity contribution in [3.8, 4) is 0 Å². The molecule has 0 unspecified atom stereocenters. The zero-order chi connectivity index (χ0) is 22.1. The van der Waals surface area contributed by atoms with Gasteiger partial charge in [-0.2, -0.15) is 0 Å². The Hall–Kier alpha value is -2.30. The highest BCUT2D eigenvalue weighted by Crippen LogP contribution is 2.37. The molecule has 2 rings (SSSR count). The summed E-state index contributed by atoms with van der Waals surface area (Å²) in [7, 11) is 0. The molecule has 29 heavy (non-hydrogen) atoms. The first-order chi connectivity index (χ1) is 13.8. The maximum atomic E-state index is 15.1. The van der Waals surface area contributed by atoms with Crippen molar-refractivity contribution >= 4 is 11.3 Å². The van der Waals surface area contributed by atoms with Crippen molar-refractivity contribution in [3.63, 3.8) is 0 Å².